The number of carbonyl (C=O) groups excluding carboxylic acids is 1. The van der Waals surface area contributed by atoms with E-state index < -0.39 is 17.5 Å². The van der Waals surface area contributed by atoms with Gasteiger partial charge in [0.05, 0.1) is 23.9 Å². The van der Waals surface area contributed by atoms with Gasteiger partial charge in [0.15, 0.2) is 0 Å². The van der Waals surface area contributed by atoms with Gasteiger partial charge in [0.2, 0.25) is 0 Å². The molecule has 0 spiro atoms. The molecule has 4 rings (SSSR count). The molecule has 0 aliphatic rings. The average Bonchev–Trinajstić information content (AvgIpc) is 3.24. The van der Waals surface area contributed by atoms with Gasteiger partial charge in [0, 0.05) is 42.5 Å². The fourth-order valence-electron chi connectivity index (χ4n) is 3.45. The van der Waals surface area contributed by atoms with Gasteiger partial charge in [0.1, 0.15) is 17.4 Å². The van der Waals surface area contributed by atoms with Crippen LogP contribution in [0, 0.1) is 11.6 Å². The first-order valence-electron chi connectivity index (χ1n) is 9.71. The Morgan fingerprint density at radius 1 is 1.16 bits per heavy atom. The molecular formula is C23H20F2N4O2. The normalized spacial score (nSPS) is 11.0. The van der Waals surface area contributed by atoms with Crippen LogP contribution in [-0.4, -0.2) is 39.6 Å². The summed E-state index contributed by atoms with van der Waals surface area (Å²) in [6, 6.07) is 8.37. The number of nitrogens with zero attached hydrogens (tertiary/aromatic N) is 3. The lowest BCUT2D eigenvalue weighted by molar-refractivity contribution is 0.0780. The van der Waals surface area contributed by atoms with E-state index in [1.165, 1.54) is 35.2 Å². The first-order valence-corrected chi connectivity index (χ1v) is 9.71. The van der Waals surface area contributed by atoms with Crippen molar-refractivity contribution in [3.63, 3.8) is 0 Å². The topological polar surface area (TPSA) is 71.1 Å². The third kappa shape index (κ3) is 4.09. The molecule has 0 fully saturated rings. The number of hydrogen-bond donors (Lipinski definition) is 1. The van der Waals surface area contributed by atoms with E-state index in [-0.39, 0.29) is 12.1 Å². The molecule has 2 aromatic carbocycles. The zero-order valence-electron chi connectivity index (χ0n) is 17.0. The Bertz CT molecular complexity index is 1260. The highest BCUT2D eigenvalue weighted by Gasteiger charge is 2.21. The van der Waals surface area contributed by atoms with Gasteiger partial charge in [-0.25, -0.2) is 8.78 Å². The molecule has 0 radical (unpaired) electrons. The zero-order chi connectivity index (χ0) is 22.0. The summed E-state index contributed by atoms with van der Waals surface area (Å²) < 4.78 is 34.3. The van der Waals surface area contributed by atoms with Crippen LogP contribution in [0.2, 0.25) is 0 Å². The number of pyridine rings is 1. The van der Waals surface area contributed by atoms with Gasteiger partial charge in [0.25, 0.3) is 5.91 Å². The minimum Gasteiger partial charge on any atom is -0.493 e. The van der Waals surface area contributed by atoms with Crippen LogP contribution in [-0.2, 0) is 6.54 Å². The molecule has 2 heterocycles. The molecule has 0 aliphatic carbocycles. The van der Waals surface area contributed by atoms with Crippen molar-refractivity contribution < 1.29 is 18.3 Å². The highest BCUT2D eigenvalue weighted by Crippen LogP contribution is 2.33. The second kappa shape index (κ2) is 8.51. The number of halogens is 2. The van der Waals surface area contributed by atoms with Gasteiger partial charge in [-0.05, 0) is 36.8 Å². The molecule has 158 valence electrons. The number of carbonyl (C=O) groups is 1. The van der Waals surface area contributed by atoms with Crippen LogP contribution in [0.25, 0.3) is 22.0 Å². The summed E-state index contributed by atoms with van der Waals surface area (Å²) in [5.41, 5.74) is 2.24. The van der Waals surface area contributed by atoms with Crippen molar-refractivity contribution in [1.29, 1.82) is 0 Å². The Labute approximate surface area is 177 Å². The van der Waals surface area contributed by atoms with Crippen LogP contribution in [0.3, 0.4) is 0 Å². The summed E-state index contributed by atoms with van der Waals surface area (Å²) in [5.74, 6) is -1.36. The number of aromatic amines is 1. The largest absolute Gasteiger partial charge is 0.493 e. The van der Waals surface area contributed by atoms with Gasteiger partial charge in [-0.2, -0.15) is 5.10 Å². The Balaban J connectivity index is 1.67. The maximum absolute atomic E-state index is 15.0. The number of aromatic nitrogens is 3. The number of nitrogens with one attached hydrogen (secondary N) is 1. The van der Waals surface area contributed by atoms with E-state index in [2.05, 4.69) is 15.2 Å². The zero-order valence-corrected chi connectivity index (χ0v) is 17.0. The van der Waals surface area contributed by atoms with Gasteiger partial charge in [-0.1, -0.05) is 12.1 Å². The van der Waals surface area contributed by atoms with Crippen LogP contribution in [0.5, 0.6) is 5.75 Å². The number of benzene rings is 2. The molecule has 0 aliphatic heterocycles. The molecule has 0 saturated heterocycles. The molecule has 0 atom stereocenters. The van der Waals surface area contributed by atoms with Crippen LogP contribution < -0.4 is 4.74 Å². The van der Waals surface area contributed by atoms with E-state index >= 15 is 0 Å². The van der Waals surface area contributed by atoms with Crippen molar-refractivity contribution in [2.45, 2.75) is 13.5 Å². The lowest BCUT2D eigenvalue weighted by Crippen LogP contribution is -2.27. The van der Waals surface area contributed by atoms with Crippen LogP contribution in [0.15, 0.2) is 55.0 Å². The second-order valence-electron chi connectivity index (χ2n) is 7.07. The predicted octanol–water partition coefficient (Wildman–Crippen LogP) is 4.57. The minimum atomic E-state index is -0.711. The maximum atomic E-state index is 15.0. The van der Waals surface area contributed by atoms with Crippen molar-refractivity contribution in [3.05, 3.63) is 77.8 Å². The summed E-state index contributed by atoms with van der Waals surface area (Å²) in [4.78, 5) is 18.6. The van der Waals surface area contributed by atoms with E-state index in [4.69, 9.17) is 4.74 Å². The molecule has 2 aromatic heterocycles. The van der Waals surface area contributed by atoms with Crippen molar-refractivity contribution in [2.75, 3.05) is 13.7 Å². The first kappa shape index (κ1) is 20.5. The molecule has 0 unspecified atom stereocenters. The quantitative estimate of drug-likeness (QED) is 0.494. The Kier molecular flexibility index (Phi) is 5.62. The summed E-state index contributed by atoms with van der Waals surface area (Å²) >= 11 is 0. The number of fused-ring (bicyclic) bond motifs is 1. The number of hydrogen-bond acceptors (Lipinski definition) is 4. The molecule has 6 nitrogen and oxygen atoms in total. The third-order valence-electron chi connectivity index (χ3n) is 4.92. The van der Waals surface area contributed by atoms with Gasteiger partial charge in [-0.3, -0.25) is 14.9 Å². The number of H-pyrrole nitrogens is 1. The number of ether oxygens (including phenoxy) is 1. The Morgan fingerprint density at radius 3 is 2.77 bits per heavy atom. The summed E-state index contributed by atoms with van der Waals surface area (Å²) in [5, 5.41) is 7.70. The van der Waals surface area contributed by atoms with E-state index in [1.54, 1.807) is 38.6 Å². The lowest BCUT2D eigenvalue weighted by Gasteiger charge is -2.19. The number of rotatable bonds is 6. The van der Waals surface area contributed by atoms with E-state index in [0.29, 0.717) is 23.5 Å². The smallest absolute Gasteiger partial charge is 0.257 e. The fraction of sp³-hybridized carbons (Fsp3) is 0.174. The van der Waals surface area contributed by atoms with E-state index in [9.17, 15) is 13.6 Å². The molecule has 8 heteroatoms. The molecule has 0 saturated carbocycles. The van der Waals surface area contributed by atoms with Gasteiger partial charge in [-0.15, -0.1) is 0 Å². The summed E-state index contributed by atoms with van der Waals surface area (Å²) in [6.45, 7) is 2.30. The van der Waals surface area contributed by atoms with E-state index in [0.717, 1.165) is 16.5 Å². The summed E-state index contributed by atoms with van der Waals surface area (Å²) in [6.07, 6.45) is 4.95. The van der Waals surface area contributed by atoms with Crippen LogP contribution >= 0.6 is 0 Å². The predicted molar refractivity (Wildman–Crippen MR) is 113 cm³/mol. The third-order valence-corrected chi connectivity index (χ3v) is 4.92. The first-order chi connectivity index (χ1) is 15.0. The van der Waals surface area contributed by atoms with Crippen molar-refractivity contribution in [3.8, 4) is 16.9 Å². The fourth-order valence-corrected chi connectivity index (χ4v) is 3.45. The van der Waals surface area contributed by atoms with Crippen LogP contribution in [0.4, 0.5) is 8.78 Å². The monoisotopic (exact) mass is 422 g/mol. The van der Waals surface area contributed by atoms with Crippen molar-refractivity contribution >= 4 is 16.8 Å². The van der Waals surface area contributed by atoms with Crippen molar-refractivity contribution in [2.24, 2.45) is 0 Å². The van der Waals surface area contributed by atoms with Crippen molar-refractivity contribution in [1.82, 2.24) is 20.1 Å². The van der Waals surface area contributed by atoms with Gasteiger partial charge >= 0.3 is 0 Å². The molecule has 31 heavy (non-hydrogen) atoms. The molecule has 1 amide bonds. The lowest BCUT2D eigenvalue weighted by atomic mass is 10.0. The molecule has 4 aromatic rings. The average molecular weight is 422 g/mol. The molecule has 1 N–H and O–H groups in total. The minimum absolute atomic E-state index is 0.129. The number of amides is 1. The standard InChI is InChI=1S/C23H20F2N4O2/c1-3-31-21-9-19(20(25)8-18(21)14-5-4-6-17(24)7-14)23(30)29(2)13-16-11-26-10-15-12-27-28-22(15)16/h4-12H,3,13H2,1-2H3,(H,27,28). The Hall–Kier alpha value is -3.81. The highest BCUT2D eigenvalue weighted by atomic mass is 19.1. The highest BCUT2D eigenvalue weighted by molar-refractivity contribution is 5.96. The summed E-state index contributed by atoms with van der Waals surface area (Å²) in [7, 11) is 1.58. The van der Waals surface area contributed by atoms with E-state index in [1.807, 2.05) is 0 Å². The van der Waals surface area contributed by atoms with Gasteiger partial charge < -0.3 is 9.64 Å². The molecular weight excluding hydrogens is 402 g/mol. The SMILES string of the molecule is CCOc1cc(C(=O)N(C)Cc2cncc3cn[nH]c23)c(F)cc1-c1cccc(F)c1. The maximum Gasteiger partial charge on any atom is 0.257 e. The van der Waals surface area contributed by atoms with Crippen LogP contribution in [0.1, 0.15) is 22.8 Å². The molecule has 0 bridgehead atoms. The second-order valence-corrected chi connectivity index (χ2v) is 7.07. The Morgan fingerprint density at radius 2 is 2.00 bits per heavy atom.